The minimum absolute atomic E-state index is 0. The molecule has 0 radical (unpaired) electrons. The van der Waals surface area contributed by atoms with Gasteiger partial charge in [-0.15, -0.1) is 0 Å². The smallest absolute Gasteiger partial charge is 0.365 e. The number of nitrogens with zero attached hydrogens (tertiary/aromatic N) is 2. The zero-order valence-electron chi connectivity index (χ0n) is 25.6. The van der Waals surface area contributed by atoms with Gasteiger partial charge in [-0.1, -0.05) is 67.8 Å². The number of fused-ring (bicyclic) bond motifs is 2. The first-order valence-electron chi connectivity index (χ1n) is 15.2. The molecule has 43 heavy (non-hydrogen) atoms. The van der Waals surface area contributed by atoms with Gasteiger partial charge in [0.15, 0.2) is 6.04 Å². The minimum atomic E-state index is -0.243. The molecule has 0 fully saturated rings. The van der Waals surface area contributed by atoms with Crippen molar-refractivity contribution in [1.29, 1.82) is 0 Å². The molecule has 0 spiro atoms. The number of hydrogen-bond acceptors (Lipinski definition) is 3. The van der Waals surface area contributed by atoms with Gasteiger partial charge in [0.2, 0.25) is 0 Å². The molecular weight excluding hydrogens is 649 g/mol. The highest BCUT2D eigenvalue weighted by molar-refractivity contribution is 5.84. The summed E-state index contributed by atoms with van der Waals surface area (Å²) in [6.45, 7) is 2.06. The molecule has 5 rings (SSSR count). The standard InChI is InChI=1S/C36H44N3O3.HI/c1-39(2,3)35(25-30-26-37-33-17-11-10-16-32(30)33)36(40)41-23-13-6-4-5-12-21-38-22-20-29-24-31(18-19-34(29)38)42-27-28-14-8-7-9-15-28;/h7-11,14-20,22,24,26,35,37H,4-6,12-13,21,23,25,27H2,1-3H3;1H/q+1;/p-1. The van der Waals surface area contributed by atoms with Crippen LogP contribution in [-0.2, 0) is 29.1 Å². The summed E-state index contributed by atoms with van der Waals surface area (Å²) in [6, 6.07) is 26.8. The summed E-state index contributed by atoms with van der Waals surface area (Å²) < 4.78 is 14.6. The lowest BCUT2D eigenvalue weighted by Crippen LogP contribution is -3.00. The average Bonchev–Trinajstić information content (AvgIpc) is 3.59. The molecule has 5 aromatic rings. The Labute approximate surface area is 272 Å². The number of benzene rings is 3. The Kier molecular flexibility index (Phi) is 11.7. The SMILES string of the molecule is C[N+](C)(C)C(Cc1c[nH]c2ccccc12)C(=O)OCCCCCCCn1ccc2cc(OCc3ccccc3)ccc21.[I-]. The number of aromatic amines is 1. The number of likely N-dealkylation sites (N-methyl/N-ethyl adjacent to an activating group) is 1. The highest BCUT2D eigenvalue weighted by atomic mass is 127. The highest BCUT2D eigenvalue weighted by Crippen LogP contribution is 2.24. The molecule has 2 heterocycles. The Hall–Kier alpha value is -3.30. The van der Waals surface area contributed by atoms with Gasteiger partial charge in [0.1, 0.15) is 12.4 Å². The lowest BCUT2D eigenvalue weighted by Gasteiger charge is -2.32. The summed E-state index contributed by atoms with van der Waals surface area (Å²) in [5.41, 5.74) is 4.67. The molecule has 0 amide bonds. The monoisotopic (exact) mass is 693 g/mol. The molecule has 0 aliphatic rings. The number of hydrogen-bond donors (Lipinski definition) is 1. The second kappa shape index (κ2) is 15.4. The highest BCUT2D eigenvalue weighted by Gasteiger charge is 2.34. The van der Waals surface area contributed by atoms with Crippen molar-refractivity contribution in [2.45, 2.75) is 57.7 Å². The van der Waals surface area contributed by atoms with E-state index in [0.717, 1.165) is 55.5 Å². The Balaban J connectivity index is 0.00000423. The van der Waals surface area contributed by atoms with E-state index in [2.05, 4.69) is 85.4 Å². The summed E-state index contributed by atoms with van der Waals surface area (Å²) in [4.78, 5) is 16.4. The molecule has 0 aliphatic carbocycles. The summed E-state index contributed by atoms with van der Waals surface area (Å²) in [6.07, 6.45) is 10.3. The van der Waals surface area contributed by atoms with Gasteiger partial charge in [0.05, 0.1) is 27.7 Å². The molecule has 0 saturated heterocycles. The number of rotatable bonds is 15. The lowest BCUT2D eigenvalue weighted by atomic mass is 10.0. The second-order valence-electron chi connectivity index (χ2n) is 12.1. The summed E-state index contributed by atoms with van der Waals surface area (Å²) in [5, 5.41) is 2.38. The van der Waals surface area contributed by atoms with Crippen molar-refractivity contribution in [2.75, 3.05) is 27.7 Å². The van der Waals surface area contributed by atoms with Crippen molar-refractivity contribution >= 4 is 27.8 Å². The molecule has 1 N–H and O–H groups in total. The molecule has 0 aliphatic heterocycles. The van der Waals surface area contributed by atoms with E-state index in [9.17, 15) is 4.79 Å². The van der Waals surface area contributed by atoms with Gasteiger partial charge in [0.25, 0.3) is 0 Å². The fraction of sp³-hybridized carbons (Fsp3) is 0.361. The molecule has 3 aromatic carbocycles. The Morgan fingerprint density at radius 1 is 0.884 bits per heavy atom. The molecule has 6 nitrogen and oxygen atoms in total. The predicted octanol–water partition coefficient (Wildman–Crippen LogP) is 4.52. The van der Waals surface area contributed by atoms with E-state index >= 15 is 0 Å². The fourth-order valence-corrected chi connectivity index (χ4v) is 5.57. The number of nitrogens with one attached hydrogen (secondary N) is 1. The van der Waals surface area contributed by atoms with Gasteiger partial charge in [-0.05, 0) is 54.3 Å². The second-order valence-corrected chi connectivity index (χ2v) is 12.1. The van der Waals surface area contributed by atoms with Gasteiger partial charge in [0, 0.05) is 47.2 Å². The van der Waals surface area contributed by atoms with Crippen LogP contribution in [0.2, 0.25) is 0 Å². The fourth-order valence-electron chi connectivity index (χ4n) is 5.57. The number of halogens is 1. The van der Waals surface area contributed by atoms with E-state index in [1.165, 1.54) is 21.9 Å². The zero-order valence-corrected chi connectivity index (χ0v) is 27.8. The molecule has 0 bridgehead atoms. The van der Waals surface area contributed by atoms with E-state index < -0.39 is 0 Å². The molecule has 2 aromatic heterocycles. The van der Waals surface area contributed by atoms with Crippen molar-refractivity contribution in [1.82, 2.24) is 9.55 Å². The minimum Gasteiger partial charge on any atom is -1.00 e. The zero-order chi connectivity index (χ0) is 29.4. The third-order valence-electron chi connectivity index (χ3n) is 8.07. The first kappa shape index (κ1) is 32.6. The third-order valence-corrected chi connectivity index (χ3v) is 8.07. The summed E-state index contributed by atoms with van der Waals surface area (Å²) in [5.74, 6) is 0.788. The number of aryl methyl sites for hydroxylation is 1. The number of H-pyrrole nitrogens is 1. The normalized spacial score (nSPS) is 12.3. The van der Waals surface area contributed by atoms with Crippen LogP contribution in [0.4, 0.5) is 0 Å². The average molecular weight is 694 g/mol. The van der Waals surface area contributed by atoms with Crippen LogP contribution < -0.4 is 28.7 Å². The topological polar surface area (TPSA) is 56.2 Å². The first-order chi connectivity index (χ1) is 20.4. The molecule has 228 valence electrons. The lowest BCUT2D eigenvalue weighted by molar-refractivity contribution is -0.887. The van der Waals surface area contributed by atoms with Crippen LogP contribution in [0.5, 0.6) is 5.75 Å². The van der Waals surface area contributed by atoms with Crippen molar-refractivity contribution in [3.63, 3.8) is 0 Å². The van der Waals surface area contributed by atoms with Crippen LogP contribution in [0.3, 0.4) is 0 Å². The van der Waals surface area contributed by atoms with E-state index in [4.69, 9.17) is 9.47 Å². The van der Waals surface area contributed by atoms with Crippen molar-refractivity contribution in [3.05, 3.63) is 102 Å². The van der Waals surface area contributed by atoms with Crippen LogP contribution in [0.25, 0.3) is 21.8 Å². The molecule has 7 heteroatoms. The van der Waals surface area contributed by atoms with E-state index in [0.29, 0.717) is 24.1 Å². The van der Waals surface area contributed by atoms with Crippen molar-refractivity contribution in [2.24, 2.45) is 0 Å². The number of esters is 1. The van der Waals surface area contributed by atoms with Crippen LogP contribution in [0, 0.1) is 0 Å². The van der Waals surface area contributed by atoms with Gasteiger partial charge in [-0.3, -0.25) is 0 Å². The molecule has 1 atom stereocenters. The van der Waals surface area contributed by atoms with Crippen LogP contribution >= 0.6 is 0 Å². The predicted molar refractivity (Wildman–Crippen MR) is 171 cm³/mol. The van der Waals surface area contributed by atoms with Gasteiger partial charge >= 0.3 is 5.97 Å². The number of ether oxygens (including phenoxy) is 2. The van der Waals surface area contributed by atoms with Gasteiger partial charge in [-0.2, -0.15) is 0 Å². The van der Waals surface area contributed by atoms with Crippen LogP contribution in [0.1, 0.15) is 43.2 Å². The Morgan fingerprint density at radius 2 is 1.63 bits per heavy atom. The van der Waals surface area contributed by atoms with E-state index in [1.54, 1.807) is 0 Å². The Morgan fingerprint density at radius 3 is 2.44 bits per heavy atom. The summed E-state index contributed by atoms with van der Waals surface area (Å²) >= 11 is 0. The number of para-hydroxylation sites is 1. The summed E-state index contributed by atoms with van der Waals surface area (Å²) in [7, 11) is 6.19. The largest absolute Gasteiger partial charge is 1.00 e. The number of quaternary nitrogens is 1. The van der Waals surface area contributed by atoms with Crippen LogP contribution in [-0.4, -0.2) is 53.8 Å². The van der Waals surface area contributed by atoms with Gasteiger partial charge < -0.3 is 47.5 Å². The van der Waals surface area contributed by atoms with Gasteiger partial charge in [-0.25, -0.2) is 4.79 Å². The first-order valence-corrected chi connectivity index (χ1v) is 15.2. The molecule has 1 unspecified atom stereocenters. The Bertz CT molecular complexity index is 1590. The maximum absolute atomic E-state index is 13.1. The van der Waals surface area contributed by atoms with E-state index in [-0.39, 0.29) is 36.0 Å². The maximum atomic E-state index is 13.1. The maximum Gasteiger partial charge on any atom is 0.365 e. The molecule has 0 saturated carbocycles. The van der Waals surface area contributed by atoms with Crippen molar-refractivity contribution < 1.29 is 42.7 Å². The number of unbranched alkanes of at least 4 members (excludes halogenated alkanes) is 4. The van der Waals surface area contributed by atoms with Crippen molar-refractivity contribution in [3.8, 4) is 5.75 Å². The van der Waals surface area contributed by atoms with Crippen LogP contribution in [0.15, 0.2) is 91.3 Å². The molecular formula is C36H44IN3O3. The quantitative estimate of drug-likeness (QED) is 0.0761. The third kappa shape index (κ3) is 8.86. The number of carbonyl (C=O) groups excluding carboxylic acids is 1. The number of aromatic nitrogens is 2. The van der Waals surface area contributed by atoms with E-state index in [1.807, 2.05) is 36.5 Å². The number of carbonyl (C=O) groups is 1.